The molecule has 0 saturated heterocycles. The van der Waals surface area contributed by atoms with Gasteiger partial charge in [-0.3, -0.25) is 9.59 Å². The molecule has 0 aliphatic carbocycles. The molecule has 0 bridgehead atoms. The Bertz CT molecular complexity index is 1030. The minimum Gasteiger partial charge on any atom is -0.494 e. The van der Waals surface area contributed by atoms with Gasteiger partial charge in [0.15, 0.2) is 9.84 Å². The lowest BCUT2D eigenvalue weighted by molar-refractivity contribution is -0.118. The maximum atomic E-state index is 12.7. The maximum absolute atomic E-state index is 12.7. The van der Waals surface area contributed by atoms with Gasteiger partial charge in [-0.2, -0.15) is 0 Å². The number of hydrogen-bond acceptors (Lipinski definition) is 5. The molecule has 3 rings (SSSR count). The number of benzene rings is 2. The Labute approximate surface area is 177 Å². The van der Waals surface area contributed by atoms with Crippen LogP contribution in [0, 0.1) is 0 Å². The van der Waals surface area contributed by atoms with Crippen molar-refractivity contribution in [2.75, 3.05) is 29.1 Å². The number of ether oxygens (including phenoxy) is 1. The largest absolute Gasteiger partial charge is 0.494 e. The van der Waals surface area contributed by atoms with Crippen molar-refractivity contribution >= 4 is 33.0 Å². The van der Waals surface area contributed by atoms with Crippen LogP contribution in [0.3, 0.4) is 0 Å². The van der Waals surface area contributed by atoms with Crippen LogP contribution in [0.25, 0.3) is 0 Å². The van der Waals surface area contributed by atoms with Gasteiger partial charge in [-0.05, 0) is 61.4 Å². The third kappa shape index (κ3) is 4.99. The first kappa shape index (κ1) is 21.8. The van der Waals surface area contributed by atoms with E-state index in [4.69, 9.17) is 4.74 Å². The first-order chi connectivity index (χ1) is 14.3. The average Bonchev–Trinajstić information content (AvgIpc) is 3.17. The minimum absolute atomic E-state index is 0.0234. The van der Waals surface area contributed by atoms with Crippen LogP contribution in [0.15, 0.2) is 47.4 Å². The van der Waals surface area contributed by atoms with Crippen LogP contribution in [0.2, 0.25) is 0 Å². The van der Waals surface area contributed by atoms with E-state index >= 15 is 0 Å². The molecule has 1 aliphatic heterocycles. The summed E-state index contributed by atoms with van der Waals surface area (Å²) < 4.78 is 30.8. The van der Waals surface area contributed by atoms with Gasteiger partial charge in [0.25, 0.3) is 0 Å². The van der Waals surface area contributed by atoms with Crippen LogP contribution < -0.4 is 15.0 Å². The van der Waals surface area contributed by atoms with Crippen molar-refractivity contribution in [1.82, 2.24) is 0 Å². The summed E-state index contributed by atoms with van der Waals surface area (Å²) in [7, 11) is -3.61. The molecule has 1 heterocycles. The van der Waals surface area contributed by atoms with Gasteiger partial charge in [0.05, 0.1) is 17.3 Å². The molecule has 0 radical (unpaired) electrons. The quantitative estimate of drug-likeness (QED) is 0.694. The summed E-state index contributed by atoms with van der Waals surface area (Å²) in [5, 5.41) is 2.70. The van der Waals surface area contributed by atoms with E-state index in [9.17, 15) is 18.0 Å². The molecule has 7 nitrogen and oxygen atoms in total. The van der Waals surface area contributed by atoms with E-state index in [0.717, 1.165) is 11.3 Å². The standard InChI is InChI=1S/C22H26N2O5S/c1-3-22(26)24-13-11-16-15-19(9-10-20(16)24)30(27,28)14-12-21(25)23-17-5-7-18(8-6-17)29-4-2/h5-10,15H,3-4,11-14H2,1-2H3,(H,23,25). The summed E-state index contributed by atoms with van der Waals surface area (Å²) in [6.45, 7) is 4.81. The highest BCUT2D eigenvalue weighted by atomic mass is 32.2. The predicted molar refractivity (Wildman–Crippen MR) is 116 cm³/mol. The summed E-state index contributed by atoms with van der Waals surface area (Å²) in [5.41, 5.74) is 2.20. The number of rotatable bonds is 8. The monoisotopic (exact) mass is 430 g/mol. The lowest BCUT2D eigenvalue weighted by atomic mass is 10.2. The van der Waals surface area contributed by atoms with Crippen molar-refractivity contribution in [3.8, 4) is 5.75 Å². The van der Waals surface area contributed by atoms with E-state index in [-0.39, 0.29) is 28.9 Å². The smallest absolute Gasteiger partial charge is 0.226 e. The molecular weight excluding hydrogens is 404 g/mol. The Morgan fingerprint density at radius 1 is 1.10 bits per heavy atom. The Morgan fingerprint density at radius 3 is 2.50 bits per heavy atom. The second-order valence-electron chi connectivity index (χ2n) is 7.01. The molecule has 0 saturated carbocycles. The molecule has 0 spiro atoms. The van der Waals surface area contributed by atoms with Gasteiger partial charge in [-0.15, -0.1) is 0 Å². The van der Waals surface area contributed by atoms with Crippen LogP contribution in [0.1, 0.15) is 32.3 Å². The van der Waals surface area contributed by atoms with E-state index in [1.807, 2.05) is 6.92 Å². The molecule has 0 fully saturated rings. The SMILES string of the molecule is CCOc1ccc(NC(=O)CCS(=O)(=O)c2ccc3c(c2)CCN3C(=O)CC)cc1. The number of amides is 2. The van der Waals surface area contributed by atoms with Gasteiger partial charge in [0.1, 0.15) is 5.75 Å². The number of carbonyl (C=O) groups excluding carboxylic acids is 2. The van der Waals surface area contributed by atoms with Crippen LogP contribution >= 0.6 is 0 Å². The third-order valence-corrected chi connectivity index (χ3v) is 6.67. The van der Waals surface area contributed by atoms with Gasteiger partial charge in [0.2, 0.25) is 11.8 Å². The van der Waals surface area contributed by atoms with Crippen molar-refractivity contribution in [2.24, 2.45) is 0 Å². The lowest BCUT2D eigenvalue weighted by Crippen LogP contribution is -2.27. The van der Waals surface area contributed by atoms with Gasteiger partial charge in [-0.25, -0.2) is 8.42 Å². The lowest BCUT2D eigenvalue weighted by Gasteiger charge is -2.16. The molecule has 2 aromatic rings. The fourth-order valence-electron chi connectivity index (χ4n) is 3.39. The van der Waals surface area contributed by atoms with E-state index in [1.165, 1.54) is 6.07 Å². The van der Waals surface area contributed by atoms with E-state index in [0.29, 0.717) is 37.4 Å². The first-order valence-electron chi connectivity index (χ1n) is 10.0. The number of hydrogen-bond donors (Lipinski definition) is 1. The summed E-state index contributed by atoms with van der Waals surface area (Å²) in [6, 6.07) is 11.7. The normalized spacial score (nSPS) is 13.1. The Balaban J connectivity index is 1.61. The summed E-state index contributed by atoms with van der Waals surface area (Å²) in [6.07, 6.45) is 0.888. The van der Waals surface area contributed by atoms with E-state index in [2.05, 4.69) is 5.32 Å². The summed E-state index contributed by atoms with van der Waals surface area (Å²) in [4.78, 5) is 26.1. The second-order valence-corrected chi connectivity index (χ2v) is 9.12. The van der Waals surface area contributed by atoms with Crippen LogP contribution in [0.4, 0.5) is 11.4 Å². The molecule has 0 aromatic heterocycles. The molecule has 2 amide bonds. The number of sulfone groups is 1. The van der Waals surface area contributed by atoms with Crippen molar-refractivity contribution < 1.29 is 22.7 Å². The van der Waals surface area contributed by atoms with E-state index < -0.39 is 9.84 Å². The maximum Gasteiger partial charge on any atom is 0.226 e. The molecular formula is C22H26N2O5S. The van der Waals surface area contributed by atoms with Crippen molar-refractivity contribution in [3.05, 3.63) is 48.0 Å². The second kappa shape index (κ2) is 9.30. The molecule has 8 heteroatoms. The number of nitrogens with one attached hydrogen (secondary N) is 1. The molecule has 0 unspecified atom stereocenters. The third-order valence-electron chi connectivity index (χ3n) is 4.96. The number of fused-ring (bicyclic) bond motifs is 1. The molecule has 160 valence electrons. The van der Waals surface area contributed by atoms with Gasteiger partial charge < -0.3 is 15.0 Å². The molecule has 1 N–H and O–H groups in total. The topological polar surface area (TPSA) is 92.8 Å². The first-order valence-corrected chi connectivity index (χ1v) is 11.7. The molecule has 2 aromatic carbocycles. The Hall–Kier alpha value is -2.87. The fourth-order valence-corrected chi connectivity index (χ4v) is 4.68. The highest BCUT2D eigenvalue weighted by Gasteiger charge is 2.26. The fraction of sp³-hybridized carbons (Fsp3) is 0.364. The summed E-state index contributed by atoms with van der Waals surface area (Å²) >= 11 is 0. The molecule has 30 heavy (non-hydrogen) atoms. The summed E-state index contributed by atoms with van der Waals surface area (Å²) in [5.74, 6) is 0.0690. The highest BCUT2D eigenvalue weighted by molar-refractivity contribution is 7.91. The Morgan fingerprint density at radius 2 is 1.83 bits per heavy atom. The van der Waals surface area contributed by atoms with Crippen molar-refractivity contribution in [1.29, 1.82) is 0 Å². The van der Waals surface area contributed by atoms with E-state index in [1.54, 1.807) is 48.2 Å². The van der Waals surface area contributed by atoms with Gasteiger partial charge >= 0.3 is 0 Å². The minimum atomic E-state index is -3.61. The van der Waals surface area contributed by atoms with Crippen molar-refractivity contribution in [3.63, 3.8) is 0 Å². The zero-order valence-corrected chi connectivity index (χ0v) is 18.0. The van der Waals surface area contributed by atoms with Crippen LogP contribution in [-0.2, 0) is 25.8 Å². The van der Waals surface area contributed by atoms with Gasteiger partial charge in [0, 0.05) is 30.8 Å². The van der Waals surface area contributed by atoms with Gasteiger partial charge in [-0.1, -0.05) is 6.92 Å². The highest BCUT2D eigenvalue weighted by Crippen LogP contribution is 2.31. The number of carbonyl (C=O) groups is 2. The number of anilines is 2. The predicted octanol–water partition coefficient (Wildman–Crippen LogP) is 3.19. The van der Waals surface area contributed by atoms with Crippen LogP contribution in [0.5, 0.6) is 5.75 Å². The number of nitrogens with zero attached hydrogens (tertiary/aromatic N) is 1. The van der Waals surface area contributed by atoms with Crippen molar-refractivity contribution in [2.45, 2.75) is 38.0 Å². The molecule has 1 aliphatic rings. The zero-order valence-electron chi connectivity index (χ0n) is 17.2. The zero-order chi connectivity index (χ0) is 21.7. The van der Waals surface area contributed by atoms with Crippen LogP contribution in [-0.4, -0.2) is 39.1 Å². The average molecular weight is 431 g/mol. The Kier molecular flexibility index (Phi) is 6.77. The molecule has 0 atom stereocenters.